The van der Waals surface area contributed by atoms with Crippen LogP contribution >= 0.6 is 0 Å². The van der Waals surface area contributed by atoms with Crippen molar-refractivity contribution in [1.29, 1.82) is 0 Å². The molecule has 0 aliphatic heterocycles. The summed E-state index contributed by atoms with van der Waals surface area (Å²) in [4.78, 5) is 13.2. The molecule has 6 aliphatic carbocycles. The molecule has 2 heteroatoms. The lowest BCUT2D eigenvalue weighted by atomic mass is 9.44. The van der Waals surface area contributed by atoms with Gasteiger partial charge in [0.1, 0.15) is 5.60 Å². The van der Waals surface area contributed by atoms with Gasteiger partial charge in [0.05, 0.1) is 5.92 Å². The first-order chi connectivity index (χ1) is 12.1. The van der Waals surface area contributed by atoms with Gasteiger partial charge in [0.2, 0.25) is 0 Å². The highest BCUT2D eigenvalue weighted by Crippen LogP contribution is 2.66. The number of allylic oxidation sites excluding steroid dienone is 2. The predicted molar refractivity (Wildman–Crippen MR) is 98.9 cm³/mol. The van der Waals surface area contributed by atoms with Gasteiger partial charge < -0.3 is 4.74 Å². The number of hydrogen-bond donors (Lipinski definition) is 0. The molecule has 0 aromatic heterocycles. The molecule has 6 bridgehead atoms. The van der Waals surface area contributed by atoms with Gasteiger partial charge in [0.25, 0.3) is 0 Å². The van der Waals surface area contributed by atoms with E-state index >= 15 is 0 Å². The molecule has 25 heavy (non-hydrogen) atoms. The van der Waals surface area contributed by atoms with Crippen LogP contribution in [0.1, 0.15) is 78.1 Å². The van der Waals surface area contributed by atoms with Gasteiger partial charge >= 0.3 is 5.97 Å². The SMILES string of the molecule is CCC(CC)(OC(=O)C1CC2C=CC1C2)C12CC3CC(CC(C3)C1)C2. The smallest absolute Gasteiger partial charge is 0.310 e. The van der Waals surface area contributed by atoms with Crippen molar-refractivity contribution in [2.45, 2.75) is 83.7 Å². The molecular formula is C23H34O2. The van der Waals surface area contributed by atoms with Crippen LogP contribution in [0.15, 0.2) is 12.2 Å². The number of carbonyl (C=O) groups excluding carboxylic acids is 1. The van der Waals surface area contributed by atoms with Crippen LogP contribution < -0.4 is 0 Å². The largest absolute Gasteiger partial charge is 0.458 e. The standard InChI is InChI=1S/C23H34O2/c1-3-23(4-2,25-21(24)20-11-15-5-6-19(20)10-15)22-12-16-7-17(13-22)9-18(8-16)14-22/h5-6,15-20H,3-4,7-14H2,1-2H3. The van der Waals surface area contributed by atoms with Crippen molar-refractivity contribution < 1.29 is 9.53 Å². The second-order valence-electron chi connectivity index (χ2n) is 10.2. The zero-order valence-corrected chi connectivity index (χ0v) is 16.0. The Kier molecular flexibility index (Phi) is 3.67. The molecule has 0 aromatic rings. The Morgan fingerprint density at radius 1 is 0.960 bits per heavy atom. The Morgan fingerprint density at radius 2 is 1.56 bits per heavy atom. The molecule has 0 aromatic carbocycles. The molecule has 2 nitrogen and oxygen atoms in total. The third kappa shape index (κ3) is 2.31. The Bertz CT molecular complexity index is 550. The van der Waals surface area contributed by atoms with E-state index < -0.39 is 0 Å². The topological polar surface area (TPSA) is 26.3 Å². The summed E-state index contributed by atoms with van der Waals surface area (Å²) in [5.41, 5.74) is 0.0833. The molecular weight excluding hydrogens is 308 g/mol. The van der Waals surface area contributed by atoms with Crippen LogP contribution in [0.5, 0.6) is 0 Å². The van der Waals surface area contributed by atoms with Gasteiger partial charge in [-0.2, -0.15) is 0 Å². The average Bonchev–Trinajstić information content (AvgIpc) is 3.21. The number of esters is 1. The molecule has 0 saturated heterocycles. The van der Waals surface area contributed by atoms with E-state index in [0.29, 0.717) is 11.8 Å². The maximum Gasteiger partial charge on any atom is 0.310 e. The summed E-state index contributed by atoms with van der Waals surface area (Å²) in [6, 6.07) is 0. The lowest BCUT2D eigenvalue weighted by molar-refractivity contribution is -0.216. The predicted octanol–water partition coefficient (Wildman–Crippen LogP) is 5.52. The minimum absolute atomic E-state index is 0.135. The van der Waals surface area contributed by atoms with Crippen molar-refractivity contribution in [3.63, 3.8) is 0 Å². The summed E-state index contributed by atoms with van der Waals surface area (Å²) in [5, 5.41) is 0. The lowest BCUT2D eigenvalue weighted by Gasteiger charge is -2.63. The fraction of sp³-hybridized carbons (Fsp3) is 0.870. The van der Waals surface area contributed by atoms with Crippen molar-refractivity contribution in [3.8, 4) is 0 Å². The van der Waals surface area contributed by atoms with Crippen LogP contribution in [0.25, 0.3) is 0 Å². The van der Waals surface area contributed by atoms with E-state index in [2.05, 4.69) is 26.0 Å². The van der Waals surface area contributed by atoms with Crippen molar-refractivity contribution in [3.05, 3.63) is 12.2 Å². The van der Waals surface area contributed by atoms with Crippen molar-refractivity contribution >= 4 is 5.97 Å². The molecule has 0 N–H and O–H groups in total. The second kappa shape index (κ2) is 5.60. The minimum Gasteiger partial charge on any atom is -0.458 e. The highest BCUT2D eigenvalue weighted by Gasteiger charge is 2.61. The highest BCUT2D eigenvalue weighted by atomic mass is 16.6. The summed E-state index contributed by atoms with van der Waals surface area (Å²) in [6.07, 6.45) is 17.1. The molecule has 5 fully saturated rings. The maximum atomic E-state index is 13.2. The summed E-state index contributed by atoms with van der Waals surface area (Å²) >= 11 is 0. The monoisotopic (exact) mass is 342 g/mol. The molecule has 0 heterocycles. The summed E-state index contributed by atoms with van der Waals surface area (Å²) in [5.74, 6) is 4.10. The van der Waals surface area contributed by atoms with Gasteiger partial charge in [0.15, 0.2) is 0 Å². The van der Waals surface area contributed by atoms with Crippen LogP contribution in [0.2, 0.25) is 0 Å². The molecule has 5 saturated carbocycles. The second-order valence-corrected chi connectivity index (χ2v) is 10.2. The molecule has 6 aliphatic rings. The number of fused-ring (bicyclic) bond motifs is 2. The molecule has 3 atom stereocenters. The summed E-state index contributed by atoms with van der Waals surface area (Å²) < 4.78 is 6.59. The molecule has 0 spiro atoms. The first kappa shape index (κ1) is 16.4. The van der Waals surface area contributed by atoms with Crippen LogP contribution in [0, 0.1) is 40.9 Å². The third-order valence-corrected chi connectivity index (χ3v) is 9.02. The van der Waals surface area contributed by atoms with Crippen LogP contribution in [0.3, 0.4) is 0 Å². The minimum atomic E-state index is -0.203. The molecule has 3 unspecified atom stereocenters. The number of rotatable bonds is 5. The number of hydrogen-bond acceptors (Lipinski definition) is 2. The van der Waals surface area contributed by atoms with E-state index in [1.54, 1.807) is 0 Å². The Morgan fingerprint density at radius 3 is 2.00 bits per heavy atom. The van der Waals surface area contributed by atoms with E-state index in [4.69, 9.17) is 4.74 Å². The molecule has 138 valence electrons. The van der Waals surface area contributed by atoms with Crippen molar-refractivity contribution in [1.82, 2.24) is 0 Å². The normalized spacial score (nSPS) is 46.8. The maximum absolute atomic E-state index is 13.2. The first-order valence-corrected chi connectivity index (χ1v) is 11.0. The zero-order valence-electron chi connectivity index (χ0n) is 16.0. The van der Waals surface area contributed by atoms with E-state index in [1.807, 2.05) is 0 Å². The summed E-state index contributed by atoms with van der Waals surface area (Å²) in [6.45, 7) is 4.55. The highest BCUT2D eigenvalue weighted by molar-refractivity contribution is 5.74. The number of carbonyl (C=O) groups is 1. The molecule has 6 rings (SSSR count). The Hall–Kier alpha value is -0.790. The van der Waals surface area contributed by atoms with Gasteiger partial charge in [-0.1, -0.05) is 26.0 Å². The fourth-order valence-corrected chi connectivity index (χ4v) is 8.24. The third-order valence-electron chi connectivity index (χ3n) is 9.02. The van der Waals surface area contributed by atoms with Crippen LogP contribution in [-0.2, 0) is 9.53 Å². The van der Waals surface area contributed by atoms with E-state index in [0.717, 1.165) is 37.0 Å². The van der Waals surface area contributed by atoms with Gasteiger partial charge in [-0.05, 0) is 93.8 Å². The van der Waals surface area contributed by atoms with Gasteiger partial charge in [-0.25, -0.2) is 0 Å². The van der Waals surface area contributed by atoms with Gasteiger partial charge in [0, 0.05) is 5.41 Å². The van der Waals surface area contributed by atoms with Gasteiger partial charge in [-0.15, -0.1) is 0 Å². The van der Waals surface area contributed by atoms with E-state index in [9.17, 15) is 4.79 Å². The molecule has 0 amide bonds. The average molecular weight is 343 g/mol. The quantitative estimate of drug-likeness (QED) is 0.486. The molecule has 0 radical (unpaired) electrons. The zero-order chi connectivity index (χ0) is 17.2. The van der Waals surface area contributed by atoms with Crippen LogP contribution in [-0.4, -0.2) is 11.6 Å². The van der Waals surface area contributed by atoms with Gasteiger partial charge in [-0.3, -0.25) is 4.79 Å². The van der Waals surface area contributed by atoms with Crippen molar-refractivity contribution in [2.75, 3.05) is 0 Å². The van der Waals surface area contributed by atoms with E-state index in [1.165, 1.54) is 44.9 Å². The fourth-order valence-electron chi connectivity index (χ4n) is 8.24. The lowest BCUT2D eigenvalue weighted by Crippen LogP contribution is -2.60. The van der Waals surface area contributed by atoms with E-state index in [-0.39, 0.29) is 22.9 Å². The number of ether oxygens (including phenoxy) is 1. The first-order valence-electron chi connectivity index (χ1n) is 11.0. The van der Waals surface area contributed by atoms with Crippen LogP contribution in [0.4, 0.5) is 0 Å². The Labute approximate surface area is 152 Å². The van der Waals surface area contributed by atoms with Crippen molar-refractivity contribution in [2.24, 2.45) is 40.9 Å². The summed E-state index contributed by atoms with van der Waals surface area (Å²) in [7, 11) is 0. The Balaban J connectivity index is 1.41.